The molecule has 96 valence electrons. The van der Waals surface area contributed by atoms with Gasteiger partial charge in [0.05, 0.1) is 13.0 Å². The van der Waals surface area contributed by atoms with Gasteiger partial charge >= 0.3 is 5.97 Å². The number of rotatable bonds is 5. The molecule has 2 fully saturated rings. The molecule has 4 heteroatoms. The fourth-order valence-electron chi connectivity index (χ4n) is 3.02. The maximum Gasteiger partial charge on any atom is 0.307 e. The summed E-state index contributed by atoms with van der Waals surface area (Å²) < 4.78 is 4.80. The number of esters is 1. The standard InChI is InChI=1S/C13H21NO3/c1-2-17-11(15)7-8-14-13(16)12-9-5-3-4-6-10(9)12/h9-10,12H,2-8H2,1H3,(H,14,16). The smallest absolute Gasteiger partial charge is 0.307 e. The first-order valence-electron chi connectivity index (χ1n) is 6.67. The molecule has 0 aromatic heterocycles. The van der Waals surface area contributed by atoms with E-state index in [0.29, 0.717) is 25.0 Å². The molecule has 0 bridgehead atoms. The Balaban J connectivity index is 1.63. The average Bonchev–Trinajstić information content (AvgIpc) is 3.03. The van der Waals surface area contributed by atoms with Crippen molar-refractivity contribution in [1.29, 1.82) is 0 Å². The van der Waals surface area contributed by atoms with Gasteiger partial charge in [-0.3, -0.25) is 9.59 Å². The Bertz CT molecular complexity index is 291. The van der Waals surface area contributed by atoms with Gasteiger partial charge in [-0.15, -0.1) is 0 Å². The summed E-state index contributed by atoms with van der Waals surface area (Å²) in [7, 11) is 0. The molecule has 0 aromatic carbocycles. The van der Waals surface area contributed by atoms with Crippen LogP contribution < -0.4 is 5.32 Å². The summed E-state index contributed by atoms with van der Waals surface area (Å²) >= 11 is 0. The zero-order chi connectivity index (χ0) is 12.3. The predicted molar refractivity (Wildman–Crippen MR) is 63.2 cm³/mol. The molecule has 4 nitrogen and oxygen atoms in total. The number of nitrogens with one attached hydrogen (secondary N) is 1. The average molecular weight is 239 g/mol. The van der Waals surface area contributed by atoms with E-state index in [2.05, 4.69) is 5.32 Å². The molecule has 0 aliphatic heterocycles. The molecule has 0 aromatic rings. The third kappa shape index (κ3) is 2.99. The van der Waals surface area contributed by atoms with Crippen LogP contribution in [0.4, 0.5) is 0 Å². The third-order valence-electron chi connectivity index (χ3n) is 3.89. The van der Waals surface area contributed by atoms with Crippen molar-refractivity contribution in [3.8, 4) is 0 Å². The van der Waals surface area contributed by atoms with Crippen LogP contribution in [0.5, 0.6) is 0 Å². The molecular weight excluding hydrogens is 218 g/mol. The van der Waals surface area contributed by atoms with Gasteiger partial charge in [0.1, 0.15) is 0 Å². The Kier molecular flexibility index (Phi) is 4.02. The monoisotopic (exact) mass is 239 g/mol. The molecule has 0 saturated heterocycles. The van der Waals surface area contributed by atoms with E-state index in [-0.39, 0.29) is 24.2 Å². The van der Waals surface area contributed by atoms with Crippen molar-refractivity contribution in [1.82, 2.24) is 5.32 Å². The molecule has 17 heavy (non-hydrogen) atoms. The summed E-state index contributed by atoms with van der Waals surface area (Å²) in [6.07, 6.45) is 5.24. The van der Waals surface area contributed by atoms with Gasteiger partial charge in [0.2, 0.25) is 5.91 Å². The molecule has 0 spiro atoms. The summed E-state index contributed by atoms with van der Waals surface area (Å²) in [4.78, 5) is 22.9. The summed E-state index contributed by atoms with van der Waals surface area (Å²) in [6, 6.07) is 0. The van der Waals surface area contributed by atoms with Crippen LogP contribution >= 0.6 is 0 Å². The fraction of sp³-hybridized carbons (Fsp3) is 0.846. The lowest BCUT2D eigenvalue weighted by Crippen LogP contribution is -2.28. The highest BCUT2D eigenvalue weighted by molar-refractivity contribution is 5.82. The largest absolute Gasteiger partial charge is 0.466 e. The SMILES string of the molecule is CCOC(=O)CCNC(=O)C1C2CCCCC21. The quantitative estimate of drug-likeness (QED) is 0.740. The molecule has 2 saturated carbocycles. The second kappa shape index (κ2) is 5.52. The summed E-state index contributed by atoms with van der Waals surface area (Å²) in [6.45, 7) is 2.60. The zero-order valence-electron chi connectivity index (χ0n) is 10.4. The van der Waals surface area contributed by atoms with Crippen molar-refractivity contribution in [3.05, 3.63) is 0 Å². The second-order valence-electron chi connectivity index (χ2n) is 4.98. The number of ether oxygens (including phenoxy) is 1. The highest BCUT2D eigenvalue weighted by Crippen LogP contribution is 2.55. The van der Waals surface area contributed by atoms with Crippen LogP contribution in [-0.4, -0.2) is 25.0 Å². The van der Waals surface area contributed by atoms with E-state index in [0.717, 1.165) is 0 Å². The predicted octanol–water partition coefficient (Wildman–Crippen LogP) is 1.49. The lowest BCUT2D eigenvalue weighted by molar-refractivity contribution is -0.143. The first kappa shape index (κ1) is 12.4. The fourth-order valence-corrected chi connectivity index (χ4v) is 3.02. The third-order valence-corrected chi connectivity index (χ3v) is 3.89. The Morgan fingerprint density at radius 1 is 1.24 bits per heavy atom. The zero-order valence-corrected chi connectivity index (χ0v) is 10.4. The number of amides is 1. The minimum atomic E-state index is -0.235. The van der Waals surface area contributed by atoms with E-state index in [1.165, 1.54) is 25.7 Å². The van der Waals surface area contributed by atoms with Crippen molar-refractivity contribution in [2.75, 3.05) is 13.2 Å². The molecule has 1 N–H and O–H groups in total. The van der Waals surface area contributed by atoms with Gasteiger partial charge in [0, 0.05) is 12.5 Å². The number of fused-ring (bicyclic) bond motifs is 1. The van der Waals surface area contributed by atoms with E-state index in [1.54, 1.807) is 6.92 Å². The first-order valence-corrected chi connectivity index (χ1v) is 6.67. The number of hydrogen-bond donors (Lipinski definition) is 1. The van der Waals surface area contributed by atoms with Crippen molar-refractivity contribution in [2.45, 2.75) is 39.0 Å². The topological polar surface area (TPSA) is 55.4 Å². The van der Waals surface area contributed by atoms with Crippen LogP contribution in [0.15, 0.2) is 0 Å². The number of carbonyl (C=O) groups excluding carboxylic acids is 2. The van der Waals surface area contributed by atoms with Crippen LogP contribution in [-0.2, 0) is 14.3 Å². The molecule has 1 amide bonds. The molecule has 2 aliphatic rings. The lowest BCUT2D eigenvalue weighted by atomic mass is 10.0. The molecule has 2 aliphatic carbocycles. The van der Waals surface area contributed by atoms with Crippen LogP contribution in [0.1, 0.15) is 39.0 Å². The summed E-state index contributed by atoms with van der Waals surface area (Å²) in [5.74, 6) is 1.41. The highest BCUT2D eigenvalue weighted by atomic mass is 16.5. The van der Waals surface area contributed by atoms with Crippen molar-refractivity contribution in [3.63, 3.8) is 0 Å². The normalized spacial score (nSPS) is 30.3. The Hall–Kier alpha value is -1.06. The van der Waals surface area contributed by atoms with E-state index >= 15 is 0 Å². The molecule has 2 rings (SSSR count). The van der Waals surface area contributed by atoms with E-state index in [4.69, 9.17) is 4.74 Å². The van der Waals surface area contributed by atoms with E-state index < -0.39 is 0 Å². The summed E-state index contributed by atoms with van der Waals surface area (Å²) in [5.41, 5.74) is 0. The Labute approximate surface area is 102 Å². The maximum absolute atomic E-state index is 11.8. The first-order chi connectivity index (χ1) is 8.24. The second-order valence-corrected chi connectivity index (χ2v) is 4.98. The highest BCUT2D eigenvalue weighted by Gasteiger charge is 2.54. The van der Waals surface area contributed by atoms with Crippen molar-refractivity contribution >= 4 is 11.9 Å². The summed E-state index contributed by atoms with van der Waals surface area (Å²) in [5, 5.41) is 2.85. The Morgan fingerprint density at radius 2 is 1.88 bits per heavy atom. The van der Waals surface area contributed by atoms with Gasteiger partial charge in [-0.2, -0.15) is 0 Å². The molecule has 2 unspecified atom stereocenters. The van der Waals surface area contributed by atoms with Crippen LogP contribution in [0.25, 0.3) is 0 Å². The minimum Gasteiger partial charge on any atom is -0.466 e. The number of carbonyl (C=O) groups is 2. The Morgan fingerprint density at radius 3 is 2.47 bits per heavy atom. The molecule has 0 radical (unpaired) electrons. The number of hydrogen-bond acceptors (Lipinski definition) is 3. The van der Waals surface area contributed by atoms with E-state index in [9.17, 15) is 9.59 Å². The van der Waals surface area contributed by atoms with Crippen molar-refractivity contribution in [2.24, 2.45) is 17.8 Å². The lowest BCUT2D eigenvalue weighted by Gasteiger charge is -2.04. The van der Waals surface area contributed by atoms with Gasteiger partial charge in [-0.25, -0.2) is 0 Å². The van der Waals surface area contributed by atoms with Crippen LogP contribution in [0, 0.1) is 17.8 Å². The van der Waals surface area contributed by atoms with Crippen LogP contribution in [0.2, 0.25) is 0 Å². The van der Waals surface area contributed by atoms with Gasteiger partial charge in [-0.05, 0) is 31.6 Å². The van der Waals surface area contributed by atoms with Gasteiger partial charge in [-0.1, -0.05) is 12.8 Å². The molecule has 0 heterocycles. The maximum atomic E-state index is 11.8. The van der Waals surface area contributed by atoms with Gasteiger partial charge in [0.15, 0.2) is 0 Å². The van der Waals surface area contributed by atoms with Crippen molar-refractivity contribution < 1.29 is 14.3 Å². The van der Waals surface area contributed by atoms with Gasteiger partial charge < -0.3 is 10.1 Å². The van der Waals surface area contributed by atoms with E-state index in [1.807, 2.05) is 0 Å². The molecule has 2 atom stereocenters. The molecular formula is C13H21NO3. The van der Waals surface area contributed by atoms with Crippen LogP contribution in [0.3, 0.4) is 0 Å². The van der Waals surface area contributed by atoms with Gasteiger partial charge in [0.25, 0.3) is 0 Å². The minimum absolute atomic E-state index is 0.145.